The minimum Gasteiger partial charge on any atom is -0.462 e. The third-order valence-electron chi connectivity index (χ3n) is 3.65. The van der Waals surface area contributed by atoms with Crippen LogP contribution in [0.5, 0.6) is 0 Å². The molecule has 0 spiro atoms. The third kappa shape index (κ3) is 5.46. The fourth-order valence-corrected chi connectivity index (χ4v) is 4.35. The molecule has 2 rings (SSSR count). The van der Waals surface area contributed by atoms with E-state index in [0.717, 1.165) is 23.1 Å². The molecular formula is C19H25N2O4S2+. The summed E-state index contributed by atoms with van der Waals surface area (Å²) in [5.74, 6) is -0.594. The molecule has 1 aromatic rings. The molecule has 0 saturated heterocycles. The van der Waals surface area contributed by atoms with Gasteiger partial charge in [0.2, 0.25) is 0 Å². The molecule has 0 aromatic carbocycles. The molecule has 6 nitrogen and oxygen atoms in total. The highest BCUT2D eigenvalue weighted by Gasteiger charge is 2.24. The lowest BCUT2D eigenvalue weighted by atomic mass is 10.4. The van der Waals surface area contributed by atoms with Crippen LogP contribution in [-0.2, 0) is 20.8 Å². The van der Waals surface area contributed by atoms with E-state index in [1.165, 1.54) is 23.1 Å². The summed E-state index contributed by atoms with van der Waals surface area (Å²) in [5.41, 5.74) is 0. The molecule has 0 aliphatic carbocycles. The van der Waals surface area contributed by atoms with E-state index in [1.54, 1.807) is 13.8 Å². The standard InChI is InChI=1S/C19H25N2O4S2/c1-5-20-12-14(18(22)24-7-3)26-16(20)10-9-11-17-21(6-2)13-15(27-17)19(23)25-8-4/h9-13H,5-8H2,1-4H3/q+1. The topological polar surface area (TPSA) is 59.7 Å². The van der Waals surface area contributed by atoms with Crippen molar-refractivity contribution in [2.75, 3.05) is 19.8 Å². The molecule has 1 aliphatic rings. The Bertz CT molecular complexity index is 781. The Balaban J connectivity index is 2.14. The summed E-state index contributed by atoms with van der Waals surface area (Å²) in [5, 5.41) is 1.92. The monoisotopic (exact) mass is 409 g/mol. The van der Waals surface area contributed by atoms with Crippen LogP contribution in [0.4, 0.5) is 0 Å². The van der Waals surface area contributed by atoms with Crippen LogP contribution in [0, 0.1) is 0 Å². The number of aryl methyl sites for hydroxylation is 1. The largest absolute Gasteiger partial charge is 0.462 e. The first-order valence-corrected chi connectivity index (χ1v) is 10.6. The number of ether oxygens (including phenoxy) is 2. The molecule has 2 heterocycles. The summed E-state index contributed by atoms with van der Waals surface area (Å²) >= 11 is 2.80. The fraction of sp³-hybridized carbons (Fsp3) is 0.421. The first-order chi connectivity index (χ1) is 13.0. The average Bonchev–Trinajstić information content (AvgIpc) is 3.26. The molecule has 0 bridgehead atoms. The van der Waals surface area contributed by atoms with Gasteiger partial charge in [-0.2, -0.15) is 4.57 Å². The summed E-state index contributed by atoms with van der Waals surface area (Å²) in [6, 6.07) is 0. The number of hydrogen-bond donors (Lipinski definition) is 0. The maximum Gasteiger partial charge on any atom is 0.354 e. The number of hydrogen-bond acceptors (Lipinski definition) is 7. The van der Waals surface area contributed by atoms with Crippen molar-refractivity contribution in [1.82, 2.24) is 4.90 Å². The molecule has 146 valence electrons. The second-order valence-corrected chi connectivity index (χ2v) is 7.53. The van der Waals surface area contributed by atoms with Crippen molar-refractivity contribution in [3.05, 3.63) is 44.4 Å². The van der Waals surface area contributed by atoms with Crippen LogP contribution < -0.4 is 4.57 Å². The van der Waals surface area contributed by atoms with E-state index in [0.29, 0.717) is 23.0 Å². The number of nitrogens with zero attached hydrogens (tertiary/aromatic N) is 2. The Morgan fingerprint density at radius 3 is 2.48 bits per heavy atom. The fourth-order valence-electron chi connectivity index (χ4n) is 2.37. The maximum atomic E-state index is 11.9. The van der Waals surface area contributed by atoms with Gasteiger partial charge in [-0.3, -0.25) is 0 Å². The Kier molecular flexibility index (Phi) is 8.12. The van der Waals surface area contributed by atoms with Crippen LogP contribution in [-0.4, -0.2) is 36.6 Å². The van der Waals surface area contributed by atoms with Gasteiger partial charge in [0.1, 0.15) is 11.4 Å². The Morgan fingerprint density at radius 1 is 1.15 bits per heavy atom. The Morgan fingerprint density at radius 2 is 1.85 bits per heavy atom. The predicted molar refractivity (Wildman–Crippen MR) is 108 cm³/mol. The SMILES string of the molecule is CCOC(=O)C1=CN(CC)/C(=C\C=C\c2sc(C(=O)OCC)c[n+]2CC)S1. The normalized spacial score (nSPS) is 15.5. The number of carbonyl (C=O) groups is 2. The molecule has 0 amide bonds. The summed E-state index contributed by atoms with van der Waals surface area (Å²) in [4.78, 5) is 27.0. The van der Waals surface area contributed by atoms with Crippen molar-refractivity contribution >= 4 is 41.1 Å². The first-order valence-electron chi connectivity index (χ1n) is 8.96. The summed E-state index contributed by atoms with van der Waals surface area (Å²) in [6.45, 7) is 9.89. The molecule has 0 N–H and O–H groups in total. The highest BCUT2D eigenvalue weighted by atomic mass is 32.2. The van der Waals surface area contributed by atoms with E-state index in [-0.39, 0.29) is 11.9 Å². The number of thiazole rings is 1. The molecule has 27 heavy (non-hydrogen) atoms. The number of allylic oxidation sites excluding steroid dienone is 2. The second-order valence-electron chi connectivity index (χ2n) is 5.41. The summed E-state index contributed by atoms with van der Waals surface area (Å²) in [6.07, 6.45) is 9.48. The van der Waals surface area contributed by atoms with Gasteiger partial charge in [0.25, 0.3) is 5.01 Å². The van der Waals surface area contributed by atoms with Gasteiger partial charge in [-0.15, -0.1) is 0 Å². The van der Waals surface area contributed by atoms with Gasteiger partial charge in [0.15, 0.2) is 11.1 Å². The van der Waals surface area contributed by atoms with E-state index in [1.807, 2.05) is 53.9 Å². The van der Waals surface area contributed by atoms with E-state index in [9.17, 15) is 9.59 Å². The van der Waals surface area contributed by atoms with E-state index < -0.39 is 0 Å². The number of thioether (sulfide) groups is 1. The number of carbonyl (C=O) groups excluding carboxylic acids is 2. The van der Waals surface area contributed by atoms with Gasteiger partial charge >= 0.3 is 11.9 Å². The lowest BCUT2D eigenvalue weighted by Gasteiger charge is -2.12. The van der Waals surface area contributed by atoms with Crippen molar-refractivity contribution in [2.45, 2.75) is 34.2 Å². The molecule has 0 saturated carbocycles. The molecule has 0 fully saturated rings. The Labute approximate surface area is 168 Å². The minimum atomic E-state index is -0.297. The lowest BCUT2D eigenvalue weighted by Crippen LogP contribution is -2.32. The van der Waals surface area contributed by atoms with Crippen molar-refractivity contribution in [2.24, 2.45) is 0 Å². The third-order valence-corrected chi connectivity index (χ3v) is 5.80. The highest BCUT2D eigenvalue weighted by molar-refractivity contribution is 8.07. The minimum absolute atomic E-state index is 0.297. The second kappa shape index (κ2) is 10.3. The lowest BCUT2D eigenvalue weighted by molar-refractivity contribution is -0.690. The zero-order valence-electron chi connectivity index (χ0n) is 16.1. The van der Waals surface area contributed by atoms with E-state index in [2.05, 4.69) is 0 Å². The quantitative estimate of drug-likeness (QED) is 0.483. The summed E-state index contributed by atoms with van der Waals surface area (Å²) in [7, 11) is 0. The molecule has 0 radical (unpaired) electrons. The molecular weight excluding hydrogens is 384 g/mol. The van der Waals surface area contributed by atoms with Gasteiger partial charge in [-0.05, 0) is 33.8 Å². The van der Waals surface area contributed by atoms with Gasteiger partial charge in [0.05, 0.1) is 18.2 Å². The summed E-state index contributed by atoms with van der Waals surface area (Å²) < 4.78 is 12.1. The highest BCUT2D eigenvalue weighted by Crippen LogP contribution is 2.36. The first kappa shape index (κ1) is 21.2. The molecule has 0 unspecified atom stereocenters. The number of aromatic nitrogens is 1. The zero-order valence-corrected chi connectivity index (χ0v) is 17.7. The van der Waals surface area contributed by atoms with Crippen molar-refractivity contribution < 1.29 is 23.6 Å². The molecule has 0 atom stereocenters. The van der Waals surface area contributed by atoms with Crippen LogP contribution in [0.15, 0.2) is 34.5 Å². The number of rotatable bonds is 8. The smallest absolute Gasteiger partial charge is 0.354 e. The van der Waals surface area contributed by atoms with Crippen LogP contribution in [0.2, 0.25) is 0 Å². The van der Waals surface area contributed by atoms with Crippen LogP contribution in [0.25, 0.3) is 6.08 Å². The molecule has 1 aliphatic heterocycles. The van der Waals surface area contributed by atoms with Crippen molar-refractivity contribution in [3.8, 4) is 0 Å². The predicted octanol–water partition coefficient (Wildman–Crippen LogP) is 3.56. The average molecular weight is 410 g/mol. The van der Waals surface area contributed by atoms with Crippen LogP contribution in [0.3, 0.4) is 0 Å². The maximum absolute atomic E-state index is 11.9. The van der Waals surface area contributed by atoms with Gasteiger partial charge < -0.3 is 14.4 Å². The number of esters is 2. The molecule has 1 aromatic heterocycles. The molecule has 8 heteroatoms. The Hall–Kier alpha value is -2.06. The van der Waals surface area contributed by atoms with E-state index in [4.69, 9.17) is 9.47 Å². The van der Waals surface area contributed by atoms with Gasteiger partial charge in [0, 0.05) is 18.8 Å². The zero-order chi connectivity index (χ0) is 19.8. The van der Waals surface area contributed by atoms with Crippen LogP contribution in [0.1, 0.15) is 42.4 Å². The van der Waals surface area contributed by atoms with Gasteiger partial charge in [-0.25, -0.2) is 9.59 Å². The van der Waals surface area contributed by atoms with E-state index >= 15 is 0 Å². The van der Waals surface area contributed by atoms with Crippen LogP contribution >= 0.6 is 23.1 Å². The van der Waals surface area contributed by atoms with Crippen molar-refractivity contribution in [3.63, 3.8) is 0 Å². The van der Waals surface area contributed by atoms with Gasteiger partial charge in [-0.1, -0.05) is 29.2 Å². The van der Waals surface area contributed by atoms with Crippen molar-refractivity contribution in [1.29, 1.82) is 0 Å².